The average Bonchev–Trinajstić information content (AvgIpc) is 2.65. The lowest BCUT2D eigenvalue weighted by molar-refractivity contribution is 0.0835. The number of rotatable bonds is 2. The molecule has 1 aromatic carbocycles. The zero-order valence-corrected chi connectivity index (χ0v) is 13.7. The number of fused-ring (bicyclic) bond motifs is 2. The molecule has 0 radical (unpaired) electrons. The van der Waals surface area contributed by atoms with E-state index in [-0.39, 0.29) is 18.1 Å². The van der Waals surface area contributed by atoms with Crippen molar-refractivity contribution in [3.63, 3.8) is 0 Å². The number of carbonyl (C=O) groups excluding carboxylic acids is 1. The van der Waals surface area contributed by atoms with Crippen LogP contribution >= 0.6 is 0 Å². The first-order valence-electron chi connectivity index (χ1n) is 8.10. The van der Waals surface area contributed by atoms with E-state index in [9.17, 15) is 9.90 Å². The number of aromatic nitrogens is 1. The topological polar surface area (TPSA) is 68.7 Å². The fourth-order valence-electron chi connectivity index (χ4n) is 3.33. The number of nitrogens with one attached hydrogen (secondary N) is 1. The summed E-state index contributed by atoms with van der Waals surface area (Å²) in [6, 6.07) is 9.83. The van der Waals surface area contributed by atoms with Crippen molar-refractivity contribution in [3.05, 3.63) is 42.1 Å². The van der Waals surface area contributed by atoms with Gasteiger partial charge in [0, 0.05) is 26.2 Å². The zero-order chi connectivity index (χ0) is 16.8. The van der Waals surface area contributed by atoms with Gasteiger partial charge in [-0.15, -0.1) is 0 Å². The van der Waals surface area contributed by atoms with Crippen molar-refractivity contribution in [3.8, 4) is 0 Å². The van der Waals surface area contributed by atoms with Gasteiger partial charge in [0.25, 0.3) is 5.91 Å². The Morgan fingerprint density at radius 2 is 1.88 bits per heavy atom. The van der Waals surface area contributed by atoms with E-state index in [0.717, 1.165) is 35.7 Å². The lowest BCUT2D eigenvalue weighted by Crippen LogP contribution is -2.39. The Balaban J connectivity index is 1.74. The third-order valence-electron chi connectivity index (χ3n) is 4.85. The SMILES string of the molecule is CN1C(=O)c2ccccc2N(C)c2cc(NC3CC(O)C3)ncc21. The van der Waals surface area contributed by atoms with Gasteiger partial charge in [0.2, 0.25) is 0 Å². The highest BCUT2D eigenvalue weighted by Crippen LogP contribution is 2.40. The van der Waals surface area contributed by atoms with Gasteiger partial charge in [-0.1, -0.05) is 12.1 Å². The number of aliphatic hydroxyl groups excluding tert-OH is 1. The highest BCUT2D eigenvalue weighted by molar-refractivity contribution is 6.13. The van der Waals surface area contributed by atoms with Crippen molar-refractivity contribution < 1.29 is 9.90 Å². The fraction of sp³-hybridized carbons (Fsp3) is 0.333. The van der Waals surface area contributed by atoms with Gasteiger partial charge < -0.3 is 20.2 Å². The molecule has 1 amide bonds. The maximum absolute atomic E-state index is 12.7. The Kier molecular flexibility index (Phi) is 3.42. The van der Waals surface area contributed by atoms with Gasteiger partial charge >= 0.3 is 0 Å². The summed E-state index contributed by atoms with van der Waals surface area (Å²) in [7, 11) is 3.73. The van der Waals surface area contributed by atoms with Crippen LogP contribution in [0.25, 0.3) is 0 Å². The number of carbonyl (C=O) groups is 1. The van der Waals surface area contributed by atoms with E-state index < -0.39 is 0 Å². The van der Waals surface area contributed by atoms with Crippen LogP contribution in [-0.4, -0.2) is 42.2 Å². The van der Waals surface area contributed by atoms with E-state index in [1.54, 1.807) is 18.1 Å². The van der Waals surface area contributed by atoms with Crippen LogP contribution in [0.15, 0.2) is 36.5 Å². The molecule has 4 rings (SSSR count). The van der Waals surface area contributed by atoms with Gasteiger partial charge in [0.15, 0.2) is 0 Å². The van der Waals surface area contributed by atoms with E-state index in [4.69, 9.17) is 0 Å². The lowest BCUT2D eigenvalue weighted by Gasteiger charge is -2.32. The van der Waals surface area contributed by atoms with Gasteiger partial charge in [-0.2, -0.15) is 0 Å². The molecule has 24 heavy (non-hydrogen) atoms. The van der Waals surface area contributed by atoms with E-state index >= 15 is 0 Å². The second kappa shape index (κ2) is 5.49. The molecule has 0 bridgehead atoms. The predicted molar refractivity (Wildman–Crippen MR) is 94.1 cm³/mol. The Morgan fingerprint density at radius 1 is 1.12 bits per heavy atom. The van der Waals surface area contributed by atoms with Crippen LogP contribution in [0.1, 0.15) is 23.2 Å². The minimum atomic E-state index is -0.207. The van der Waals surface area contributed by atoms with Gasteiger partial charge in [-0.05, 0) is 25.0 Å². The van der Waals surface area contributed by atoms with Gasteiger partial charge in [-0.3, -0.25) is 4.79 Å². The number of hydrogen-bond acceptors (Lipinski definition) is 5. The number of benzene rings is 1. The molecule has 1 aromatic heterocycles. The van der Waals surface area contributed by atoms with E-state index in [0.29, 0.717) is 5.56 Å². The standard InChI is InChI=1S/C18H20N4O2/c1-21-14-6-4-3-5-13(14)18(24)22(2)16-10-19-17(9-15(16)21)20-11-7-12(23)8-11/h3-6,9-12,23H,7-8H2,1-2H3,(H,19,20). The van der Waals surface area contributed by atoms with Crippen LogP contribution < -0.4 is 15.1 Å². The van der Waals surface area contributed by atoms with Crippen LogP contribution in [0.2, 0.25) is 0 Å². The normalized spacial score (nSPS) is 22.4. The molecule has 2 aromatic rings. The number of pyridine rings is 1. The molecule has 0 atom stereocenters. The summed E-state index contributed by atoms with van der Waals surface area (Å²) in [6.45, 7) is 0. The molecular formula is C18H20N4O2. The number of para-hydroxylation sites is 1. The van der Waals surface area contributed by atoms with Crippen molar-refractivity contribution in [2.24, 2.45) is 0 Å². The van der Waals surface area contributed by atoms with Crippen molar-refractivity contribution in [2.45, 2.75) is 25.0 Å². The molecule has 0 saturated heterocycles. The molecule has 6 nitrogen and oxygen atoms in total. The Morgan fingerprint density at radius 3 is 2.62 bits per heavy atom. The predicted octanol–water partition coefficient (Wildman–Crippen LogP) is 2.37. The number of anilines is 4. The number of nitrogens with zero attached hydrogens (tertiary/aromatic N) is 3. The number of hydrogen-bond donors (Lipinski definition) is 2. The summed E-state index contributed by atoms with van der Waals surface area (Å²) in [6.07, 6.45) is 3.01. The van der Waals surface area contributed by atoms with E-state index in [1.807, 2.05) is 42.3 Å². The quantitative estimate of drug-likeness (QED) is 0.888. The Bertz CT molecular complexity index is 801. The average molecular weight is 324 g/mol. The smallest absolute Gasteiger partial charge is 0.260 e. The summed E-state index contributed by atoms with van der Waals surface area (Å²) in [5.74, 6) is 0.721. The molecule has 1 aliphatic heterocycles. The second-order valence-electron chi connectivity index (χ2n) is 6.47. The van der Waals surface area contributed by atoms with Crippen LogP contribution in [0.5, 0.6) is 0 Å². The second-order valence-corrected chi connectivity index (χ2v) is 6.47. The van der Waals surface area contributed by atoms with Crippen molar-refractivity contribution >= 4 is 28.8 Å². The third-order valence-corrected chi connectivity index (χ3v) is 4.85. The molecule has 0 spiro atoms. The van der Waals surface area contributed by atoms with Crippen LogP contribution in [0.4, 0.5) is 22.9 Å². The summed E-state index contributed by atoms with van der Waals surface area (Å²) in [4.78, 5) is 20.8. The molecule has 1 aliphatic carbocycles. The maximum Gasteiger partial charge on any atom is 0.260 e. The first-order chi connectivity index (χ1) is 11.5. The first-order valence-corrected chi connectivity index (χ1v) is 8.10. The zero-order valence-electron chi connectivity index (χ0n) is 13.7. The third kappa shape index (κ3) is 2.30. The van der Waals surface area contributed by atoms with Crippen molar-refractivity contribution in [2.75, 3.05) is 29.2 Å². The monoisotopic (exact) mass is 324 g/mol. The lowest BCUT2D eigenvalue weighted by atomic mass is 9.89. The van der Waals surface area contributed by atoms with Crippen LogP contribution in [0, 0.1) is 0 Å². The molecule has 2 aliphatic rings. The van der Waals surface area contributed by atoms with Crippen molar-refractivity contribution in [1.29, 1.82) is 0 Å². The van der Waals surface area contributed by atoms with Gasteiger partial charge in [0.05, 0.1) is 34.9 Å². The molecule has 1 saturated carbocycles. The van der Waals surface area contributed by atoms with Gasteiger partial charge in [0.1, 0.15) is 5.82 Å². The minimum Gasteiger partial charge on any atom is -0.393 e. The molecule has 1 fully saturated rings. The maximum atomic E-state index is 12.7. The highest BCUT2D eigenvalue weighted by atomic mass is 16.3. The first kappa shape index (κ1) is 15.0. The number of aliphatic hydroxyl groups is 1. The Hall–Kier alpha value is -2.60. The van der Waals surface area contributed by atoms with Crippen LogP contribution in [0.3, 0.4) is 0 Å². The van der Waals surface area contributed by atoms with Crippen molar-refractivity contribution in [1.82, 2.24) is 4.98 Å². The molecule has 2 heterocycles. The summed E-state index contributed by atoms with van der Waals surface area (Å²) in [5.41, 5.74) is 3.26. The fourth-order valence-corrected chi connectivity index (χ4v) is 3.33. The summed E-state index contributed by atoms with van der Waals surface area (Å²) < 4.78 is 0. The highest BCUT2D eigenvalue weighted by Gasteiger charge is 2.30. The van der Waals surface area contributed by atoms with E-state index in [2.05, 4.69) is 10.3 Å². The molecule has 0 unspecified atom stereocenters. The van der Waals surface area contributed by atoms with E-state index in [1.165, 1.54) is 0 Å². The Labute approximate surface area is 140 Å². The minimum absolute atomic E-state index is 0.0409. The summed E-state index contributed by atoms with van der Waals surface area (Å²) >= 11 is 0. The number of amides is 1. The molecular weight excluding hydrogens is 304 g/mol. The molecule has 6 heteroatoms. The molecule has 124 valence electrons. The molecule has 2 N–H and O–H groups in total. The largest absolute Gasteiger partial charge is 0.393 e. The van der Waals surface area contributed by atoms with Crippen LogP contribution in [-0.2, 0) is 0 Å². The van der Waals surface area contributed by atoms with Gasteiger partial charge in [-0.25, -0.2) is 4.98 Å². The summed E-state index contributed by atoms with van der Waals surface area (Å²) in [5, 5.41) is 12.8.